The Kier molecular flexibility index (Phi) is 3.51. The van der Waals surface area contributed by atoms with Gasteiger partial charge in [-0.1, -0.05) is 25.1 Å². The highest BCUT2D eigenvalue weighted by atomic mass is 19.4. The molecule has 0 radical (unpaired) electrons. The molecule has 0 bridgehead atoms. The minimum Gasteiger partial charge on any atom is -0.344 e. The first-order chi connectivity index (χ1) is 12.3. The first-order valence-corrected chi connectivity index (χ1v) is 8.40. The predicted octanol–water partition coefficient (Wildman–Crippen LogP) is 3.41. The van der Waals surface area contributed by atoms with Crippen molar-refractivity contribution in [2.75, 3.05) is 6.54 Å². The normalized spacial score (nSPS) is 27.4. The van der Waals surface area contributed by atoms with E-state index in [-0.39, 0.29) is 18.5 Å². The van der Waals surface area contributed by atoms with Crippen LogP contribution >= 0.6 is 0 Å². The van der Waals surface area contributed by atoms with Crippen LogP contribution in [0.15, 0.2) is 57.2 Å². The molecule has 2 atom stereocenters. The van der Waals surface area contributed by atoms with Crippen LogP contribution in [0, 0.1) is 0 Å². The Labute approximate surface area is 148 Å². The lowest BCUT2D eigenvalue weighted by Crippen LogP contribution is -2.41. The molecule has 0 aromatic heterocycles. The van der Waals surface area contributed by atoms with Crippen molar-refractivity contribution in [3.8, 4) is 0 Å². The Morgan fingerprint density at radius 2 is 2.12 bits per heavy atom. The van der Waals surface area contributed by atoms with Crippen LogP contribution in [0.2, 0.25) is 0 Å². The number of benzene rings is 1. The lowest BCUT2D eigenvalue weighted by molar-refractivity contribution is -0.137. The van der Waals surface area contributed by atoms with Gasteiger partial charge in [0.15, 0.2) is 5.82 Å². The zero-order valence-electron chi connectivity index (χ0n) is 14.2. The lowest BCUT2D eigenvalue weighted by Gasteiger charge is -2.39. The third-order valence-corrected chi connectivity index (χ3v) is 5.37. The van der Waals surface area contributed by atoms with Gasteiger partial charge in [0.05, 0.1) is 29.1 Å². The van der Waals surface area contributed by atoms with E-state index in [1.54, 1.807) is 6.07 Å². The molecule has 1 aromatic rings. The summed E-state index contributed by atoms with van der Waals surface area (Å²) in [6.45, 7) is 3.96. The molecule has 2 N–H and O–H groups in total. The highest BCUT2D eigenvalue weighted by Crippen LogP contribution is 2.51. The van der Waals surface area contributed by atoms with Gasteiger partial charge in [0.1, 0.15) is 0 Å². The van der Waals surface area contributed by atoms with Crippen LogP contribution in [0.3, 0.4) is 0 Å². The van der Waals surface area contributed by atoms with Crippen LogP contribution in [-0.4, -0.2) is 18.5 Å². The van der Waals surface area contributed by atoms with Crippen LogP contribution in [0.1, 0.15) is 31.4 Å². The molecule has 0 saturated heterocycles. The van der Waals surface area contributed by atoms with Crippen molar-refractivity contribution < 1.29 is 18.0 Å². The molecule has 3 aliphatic heterocycles. The molecule has 26 heavy (non-hydrogen) atoms. The van der Waals surface area contributed by atoms with E-state index in [4.69, 9.17) is 0 Å². The van der Waals surface area contributed by atoms with Crippen molar-refractivity contribution in [3.63, 3.8) is 0 Å². The van der Waals surface area contributed by atoms with Gasteiger partial charge in [-0.15, -0.1) is 5.11 Å². The van der Waals surface area contributed by atoms with Crippen molar-refractivity contribution in [3.05, 3.63) is 58.1 Å². The van der Waals surface area contributed by atoms with Gasteiger partial charge in [-0.3, -0.25) is 4.79 Å². The Balaban J connectivity index is 1.99. The maximum atomic E-state index is 13.3. The van der Waals surface area contributed by atoms with Crippen LogP contribution < -0.4 is 10.6 Å². The third kappa shape index (κ3) is 2.14. The zero-order valence-corrected chi connectivity index (χ0v) is 14.2. The number of alkyl halides is 3. The van der Waals surface area contributed by atoms with E-state index in [2.05, 4.69) is 20.9 Å². The monoisotopic (exact) mass is 362 g/mol. The summed E-state index contributed by atoms with van der Waals surface area (Å²) in [6, 6.07) is 4.95. The summed E-state index contributed by atoms with van der Waals surface area (Å²) in [6.07, 6.45) is -4.03. The molecule has 0 spiro atoms. The number of nitrogens with one attached hydrogen (secondary N) is 2. The highest BCUT2D eigenvalue weighted by Gasteiger charge is 2.52. The average molecular weight is 362 g/mol. The van der Waals surface area contributed by atoms with E-state index in [9.17, 15) is 18.0 Å². The van der Waals surface area contributed by atoms with E-state index in [1.807, 2.05) is 13.8 Å². The standard InChI is InChI=1S/C18H17F3N4O/c1-3-17(10-5-4-6-11(7-10)18(19,20)21)12-8-22-25-15(12)24-14-9(2)23-16(26)13(14)17/h4-7,9,24H,3,8H2,1-2H3,(H,23,26)/t9-,17+/m0/s1. The summed E-state index contributed by atoms with van der Waals surface area (Å²) in [7, 11) is 0. The molecule has 8 heteroatoms. The quantitative estimate of drug-likeness (QED) is 0.847. The lowest BCUT2D eigenvalue weighted by atomic mass is 9.64. The van der Waals surface area contributed by atoms with Gasteiger partial charge in [-0.2, -0.15) is 18.3 Å². The second kappa shape index (κ2) is 5.43. The van der Waals surface area contributed by atoms with Crippen molar-refractivity contribution in [1.82, 2.24) is 10.6 Å². The molecule has 1 aromatic carbocycles. The van der Waals surface area contributed by atoms with Crippen molar-refractivity contribution in [1.29, 1.82) is 0 Å². The molecule has 1 amide bonds. The van der Waals surface area contributed by atoms with Crippen LogP contribution in [0.4, 0.5) is 13.2 Å². The average Bonchev–Trinajstić information content (AvgIpc) is 3.18. The smallest absolute Gasteiger partial charge is 0.344 e. The number of nitrogens with zero attached hydrogens (tertiary/aromatic N) is 2. The summed E-state index contributed by atoms with van der Waals surface area (Å²) in [5.41, 5.74) is 0.598. The van der Waals surface area contributed by atoms with Crippen molar-refractivity contribution >= 4 is 5.91 Å². The first kappa shape index (κ1) is 16.8. The topological polar surface area (TPSA) is 65.8 Å². The Morgan fingerprint density at radius 3 is 2.81 bits per heavy atom. The Bertz CT molecular complexity index is 900. The maximum Gasteiger partial charge on any atom is 0.416 e. The fourth-order valence-corrected chi connectivity index (χ4v) is 4.18. The highest BCUT2D eigenvalue weighted by molar-refractivity contribution is 6.01. The predicted molar refractivity (Wildman–Crippen MR) is 87.9 cm³/mol. The van der Waals surface area contributed by atoms with Gasteiger partial charge in [0, 0.05) is 11.3 Å². The number of hydrogen-bond acceptors (Lipinski definition) is 4. The first-order valence-electron chi connectivity index (χ1n) is 8.40. The van der Waals surface area contributed by atoms with E-state index in [1.165, 1.54) is 6.07 Å². The van der Waals surface area contributed by atoms with Gasteiger partial charge in [-0.05, 0) is 25.0 Å². The van der Waals surface area contributed by atoms with Gasteiger partial charge < -0.3 is 10.6 Å². The molecule has 5 nitrogen and oxygen atoms in total. The van der Waals surface area contributed by atoms with Crippen molar-refractivity contribution in [2.24, 2.45) is 10.2 Å². The van der Waals surface area contributed by atoms with Gasteiger partial charge in [0.25, 0.3) is 5.91 Å². The van der Waals surface area contributed by atoms with Gasteiger partial charge in [-0.25, -0.2) is 0 Å². The largest absolute Gasteiger partial charge is 0.416 e. The van der Waals surface area contributed by atoms with Crippen LogP contribution in [-0.2, 0) is 16.4 Å². The summed E-state index contributed by atoms with van der Waals surface area (Å²) in [5, 5.41) is 14.2. The van der Waals surface area contributed by atoms with Crippen LogP contribution in [0.5, 0.6) is 0 Å². The minimum atomic E-state index is -4.46. The molecule has 4 rings (SSSR count). The third-order valence-electron chi connectivity index (χ3n) is 5.37. The zero-order chi connectivity index (χ0) is 18.7. The van der Waals surface area contributed by atoms with Crippen LogP contribution in [0.25, 0.3) is 0 Å². The van der Waals surface area contributed by atoms with E-state index < -0.39 is 17.2 Å². The summed E-state index contributed by atoms with van der Waals surface area (Å²) in [4.78, 5) is 12.7. The van der Waals surface area contributed by atoms with Crippen molar-refractivity contribution in [2.45, 2.75) is 37.9 Å². The minimum absolute atomic E-state index is 0.255. The molecule has 3 aliphatic rings. The number of halogens is 3. The summed E-state index contributed by atoms with van der Waals surface area (Å²) in [5.74, 6) is 0.268. The Morgan fingerprint density at radius 1 is 1.35 bits per heavy atom. The number of carbonyl (C=O) groups is 1. The molecular weight excluding hydrogens is 345 g/mol. The number of azo groups is 1. The number of rotatable bonds is 2. The SMILES string of the molecule is CC[C@@]1(c2cccc(C(F)(F)F)c2)C2=C(N=NC2)NC2=C1C(=O)N[C@H]2C. The molecule has 3 heterocycles. The Hall–Kier alpha value is -2.64. The second-order valence-corrected chi connectivity index (χ2v) is 6.67. The van der Waals surface area contributed by atoms with Gasteiger partial charge >= 0.3 is 6.18 Å². The summed E-state index contributed by atoms with van der Waals surface area (Å²) < 4.78 is 39.9. The second-order valence-electron chi connectivity index (χ2n) is 6.67. The number of carbonyl (C=O) groups excluding carboxylic acids is 1. The van der Waals surface area contributed by atoms with Gasteiger partial charge in [0.2, 0.25) is 0 Å². The molecule has 0 saturated carbocycles. The number of amides is 1. The number of hydrogen-bond donors (Lipinski definition) is 2. The fraction of sp³-hybridized carbons (Fsp3) is 0.389. The number of dihydropyridines is 1. The van der Waals surface area contributed by atoms with E-state index >= 15 is 0 Å². The molecule has 0 fully saturated rings. The van der Waals surface area contributed by atoms with E-state index in [0.717, 1.165) is 17.7 Å². The molecule has 0 unspecified atom stereocenters. The van der Waals surface area contributed by atoms with E-state index in [0.29, 0.717) is 29.1 Å². The molecule has 0 aliphatic carbocycles. The summed E-state index contributed by atoms with van der Waals surface area (Å²) >= 11 is 0. The molecule has 136 valence electrons. The molecular formula is C18H17F3N4O. The maximum absolute atomic E-state index is 13.3. The fourth-order valence-electron chi connectivity index (χ4n) is 4.18.